The molecule has 0 aromatic heterocycles. The van der Waals surface area contributed by atoms with Gasteiger partial charge in [-0.25, -0.2) is 4.39 Å². The predicted octanol–water partition coefficient (Wildman–Crippen LogP) is 1.57. The number of ether oxygens (including phenoxy) is 1. The van der Waals surface area contributed by atoms with Gasteiger partial charge in [-0.15, -0.1) is 0 Å². The Kier molecular flexibility index (Phi) is 3.49. The van der Waals surface area contributed by atoms with Crippen LogP contribution in [0.4, 0.5) is 10.1 Å². The Hall–Kier alpha value is -1.78. The van der Waals surface area contributed by atoms with E-state index in [0.717, 1.165) is 6.07 Å². The summed E-state index contributed by atoms with van der Waals surface area (Å²) in [5, 5.41) is 8.37. The summed E-state index contributed by atoms with van der Waals surface area (Å²) in [4.78, 5) is 10.2. The van der Waals surface area contributed by atoms with Gasteiger partial charge in [-0.3, -0.25) is 4.79 Å². The Bertz CT molecular complexity index is 379. The van der Waals surface area contributed by atoms with Gasteiger partial charge in [-0.1, -0.05) is 0 Å². The highest BCUT2D eigenvalue weighted by Crippen LogP contribution is 2.23. The standard InChI is InChI=1S/C10H12FNO3/c1-6-4-9(7(11)5-8(6)12)15-3-2-10(13)14/h4-5H,2-3,12H2,1H3,(H,13,14). The summed E-state index contributed by atoms with van der Waals surface area (Å²) >= 11 is 0. The molecule has 0 atom stereocenters. The van der Waals surface area contributed by atoms with Crippen molar-refractivity contribution in [2.75, 3.05) is 12.3 Å². The van der Waals surface area contributed by atoms with Gasteiger partial charge >= 0.3 is 5.97 Å². The first-order chi connectivity index (χ1) is 7.00. The van der Waals surface area contributed by atoms with E-state index in [2.05, 4.69) is 0 Å². The second-order valence-electron chi connectivity index (χ2n) is 3.13. The Balaban J connectivity index is 2.69. The molecule has 0 saturated heterocycles. The maximum absolute atomic E-state index is 13.2. The average molecular weight is 213 g/mol. The number of hydrogen-bond acceptors (Lipinski definition) is 3. The van der Waals surface area contributed by atoms with Gasteiger partial charge in [0.25, 0.3) is 0 Å². The van der Waals surface area contributed by atoms with Crippen LogP contribution in [0.1, 0.15) is 12.0 Å². The number of aliphatic carboxylic acids is 1. The van der Waals surface area contributed by atoms with Crippen LogP contribution >= 0.6 is 0 Å². The summed E-state index contributed by atoms with van der Waals surface area (Å²) in [6.07, 6.45) is -0.164. The predicted molar refractivity (Wildman–Crippen MR) is 53.3 cm³/mol. The molecular weight excluding hydrogens is 201 g/mol. The van der Waals surface area contributed by atoms with Gasteiger partial charge in [-0.2, -0.15) is 0 Å². The molecule has 4 nitrogen and oxygen atoms in total. The minimum Gasteiger partial charge on any atom is -0.490 e. The second-order valence-corrected chi connectivity index (χ2v) is 3.13. The fourth-order valence-electron chi connectivity index (χ4n) is 1.03. The maximum Gasteiger partial charge on any atom is 0.306 e. The SMILES string of the molecule is Cc1cc(OCCC(=O)O)c(F)cc1N. The average Bonchev–Trinajstić information content (AvgIpc) is 2.13. The third kappa shape index (κ3) is 3.12. The molecule has 0 fully saturated rings. The van der Waals surface area contributed by atoms with E-state index in [1.807, 2.05) is 0 Å². The van der Waals surface area contributed by atoms with Crippen LogP contribution in [0.3, 0.4) is 0 Å². The van der Waals surface area contributed by atoms with E-state index >= 15 is 0 Å². The molecule has 1 rings (SSSR count). The quantitative estimate of drug-likeness (QED) is 0.744. The molecule has 0 bridgehead atoms. The van der Waals surface area contributed by atoms with Crippen molar-refractivity contribution < 1.29 is 19.0 Å². The molecule has 1 aromatic carbocycles. The third-order valence-electron chi connectivity index (χ3n) is 1.89. The van der Waals surface area contributed by atoms with Gasteiger partial charge in [-0.05, 0) is 18.6 Å². The van der Waals surface area contributed by atoms with Crippen molar-refractivity contribution in [3.8, 4) is 5.75 Å². The van der Waals surface area contributed by atoms with E-state index in [9.17, 15) is 9.18 Å². The van der Waals surface area contributed by atoms with Crippen molar-refractivity contribution in [3.63, 3.8) is 0 Å². The van der Waals surface area contributed by atoms with Crippen LogP contribution in [-0.4, -0.2) is 17.7 Å². The molecule has 0 radical (unpaired) electrons. The molecule has 15 heavy (non-hydrogen) atoms. The fraction of sp³-hybridized carbons (Fsp3) is 0.300. The van der Waals surface area contributed by atoms with E-state index in [0.29, 0.717) is 11.3 Å². The zero-order valence-electron chi connectivity index (χ0n) is 8.29. The normalized spacial score (nSPS) is 10.0. The summed E-state index contributed by atoms with van der Waals surface area (Å²) in [5.41, 5.74) is 6.52. The van der Waals surface area contributed by atoms with Crippen LogP contribution in [0.2, 0.25) is 0 Å². The summed E-state index contributed by atoms with van der Waals surface area (Å²) in [7, 11) is 0. The van der Waals surface area contributed by atoms with Crippen LogP contribution in [0.25, 0.3) is 0 Å². The largest absolute Gasteiger partial charge is 0.490 e. The highest BCUT2D eigenvalue weighted by atomic mass is 19.1. The lowest BCUT2D eigenvalue weighted by atomic mass is 10.2. The number of nitrogens with two attached hydrogens (primary N) is 1. The Morgan fingerprint density at radius 3 is 2.87 bits per heavy atom. The number of carboxylic acid groups (broad SMARTS) is 1. The number of hydrogen-bond donors (Lipinski definition) is 2. The third-order valence-corrected chi connectivity index (χ3v) is 1.89. The lowest BCUT2D eigenvalue weighted by Crippen LogP contribution is -2.06. The zero-order chi connectivity index (χ0) is 11.4. The van der Waals surface area contributed by atoms with Crippen LogP contribution in [0.15, 0.2) is 12.1 Å². The van der Waals surface area contributed by atoms with Crippen LogP contribution in [0.5, 0.6) is 5.75 Å². The molecule has 0 aliphatic heterocycles. The van der Waals surface area contributed by atoms with Crippen molar-refractivity contribution in [1.82, 2.24) is 0 Å². The number of aryl methyl sites for hydroxylation is 1. The molecule has 0 heterocycles. The van der Waals surface area contributed by atoms with E-state index in [1.54, 1.807) is 6.92 Å². The molecule has 0 aliphatic carbocycles. The lowest BCUT2D eigenvalue weighted by Gasteiger charge is -2.08. The Morgan fingerprint density at radius 1 is 1.60 bits per heavy atom. The van der Waals surface area contributed by atoms with Crippen molar-refractivity contribution >= 4 is 11.7 Å². The topological polar surface area (TPSA) is 72.5 Å². The summed E-state index contributed by atoms with van der Waals surface area (Å²) in [6.45, 7) is 1.66. The van der Waals surface area contributed by atoms with Crippen molar-refractivity contribution in [2.24, 2.45) is 0 Å². The lowest BCUT2D eigenvalue weighted by molar-refractivity contribution is -0.137. The highest BCUT2D eigenvalue weighted by molar-refractivity contribution is 5.66. The highest BCUT2D eigenvalue weighted by Gasteiger charge is 2.07. The monoisotopic (exact) mass is 213 g/mol. The van der Waals surface area contributed by atoms with Gasteiger partial charge < -0.3 is 15.6 Å². The fourth-order valence-corrected chi connectivity index (χ4v) is 1.03. The second kappa shape index (κ2) is 4.63. The van der Waals surface area contributed by atoms with Crippen molar-refractivity contribution in [2.45, 2.75) is 13.3 Å². The van der Waals surface area contributed by atoms with Crippen molar-refractivity contribution in [1.29, 1.82) is 0 Å². The summed E-state index contributed by atoms with van der Waals surface area (Å²) < 4.78 is 18.2. The van der Waals surface area contributed by atoms with Crippen molar-refractivity contribution in [3.05, 3.63) is 23.5 Å². The van der Waals surface area contributed by atoms with Gasteiger partial charge in [0.2, 0.25) is 0 Å². The summed E-state index contributed by atoms with van der Waals surface area (Å²) in [5.74, 6) is -1.53. The minimum atomic E-state index is -0.984. The molecule has 3 N–H and O–H groups in total. The molecular formula is C10H12FNO3. The van der Waals surface area contributed by atoms with Gasteiger partial charge in [0.1, 0.15) is 0 Å². The van der Waals surface area contributed by atoms with E-state index in [1.165, 1.54) is 6.07 Å². The number of anilines is 1. The van der Waals surface area contributed by atoms with E-state index in [-0.39, 0.29) is 18.8 Å². The first-order valence-corrected chi connectivity index (χ1v) is 4.41. The maximum atomic E-state index is 13.2. The van der Waals surface area contributed by atoms with Crippen LogP contribution in [0, 0.1) is 12.7 Å². The van der Waals surface area contributed by atoms with Crippen LogP contribution in [-0.2, 0) is 4.79 Å². The minimum absolute atomic E-state index is 0.0305. The first-order valence-electron chi connectivity index (χ1n) is 4.41. The molecule has 0 spiro atoms. The van der Waals surface area contributed by atoms with E-state index < -0.39 is 11.8 Å². The number of benzene rings is 1. The molecule has 0 saturated carbocycles. The van der Waals surface area contributed by atoms with Gasteiger partial charge in [0.05, 0.1) is 13.0 Å². The van der Waals surface area contributed by atoms with E-state index in [4.69, 9.17) is 15.6 Å². The molecule has 5 heteroatoms. The number of carboxylic acids is 1. The Labute approximate surface area is 86.5 Å². The number of nitrogen functional groups attached to an aromatic ring is 1. The van der Waals surface area contributed by atoms with Crippen LogP contribution < -0.4 is 10.5 Å². The Morgan fingerprint density at radius 2 is 2.27 bits per heavy atom. The number of halogens is 1. The van der Waals surface area contributed by atoms with Gasteiger partial charge in [0.15, 0.2) is 11.6 Å². The first kappa shape index (κ1) is 11.3. The molecule has 1 aromatic rings. The number of carbonyl (C=O) groups is 1. The number of rotatable bonds is 4. The molecule has 0 aliphatic rings. The molecule has 82 valence electrons. The molecule has 0 unspecified atom stereocenters. The smallest absolute Gasteiger partial charge is 0.306 e. The zero-order valence-corrected chi connectivity index (χ0v) is 8.29. The van der Waals surface area contributed by atoms with Gasteiger partial charge in [0, 0.05) is 11.8 Å². The molecule has 0 amide bonds. The summed E-state index contributed by atoms with van der Waals surface area (Å²) in [6, 6.07) is 2.61.